The maximum Gasteiger partial charge on any atom is 0.219 e. The van der Waals surface area contributed by atoms with Crippen LogP contribution in [0.4, 0.5) is 8.78 Å². The third-order valence-corrected chi connectivity index (χ3v) is 21.0. The average molecular weight is 1320 g/mol. The second-order valence-electron chi connectivity index (χ2n) is 24.4. The number of fused-ring (bicyclic) bond motifs is 5. The number of aromatic nitrogens is 8. The second-order valence-corrected chi connectivity index (χ2v) is 28.3. The maximum atomic E-state index is 14.0. The molecule has 0 radical (unpaired) electrons. The lowest BCUT2D eigenvalue weighted by Crippen LogP contribution is -2.36. The molecule has 0 aliphatic carbocycles. The van der Waals surface area contributed by atoms with Gasteiger partial charge in [0.15, 0.2) is 0 Å². The number of hydrogen-bond acceptors (Lipinski definition) is 10. The molecular weight excluding hydrogens is 1240 g/mol. The molecule has 492 valence electrons. The summed E-state index contributed by atoms with van der Waals surface area (Å²) in [5, 5.41) is 19.8. The number of nitrogens with one attached hydrogen (secondary N) is 5. The molecule has 4 aromatic carbocycles. The fourth-order valence-corrected chi connectivity index (χ4v) is 14.7. The smallest absolute Gasteiger partial charge is 0.219 e. The van der Waals surface area contributed by atoms with Gasteiger partial charge in [-0.25, -0.2) is 30.6 Å². The number of aromatic amines is 5. The molecule has 2 saturated heterocycles. The standard InChI is InChI=1S/C15H17FN2O.C14H15FN2O2S.C14H17N3O.C14H15N3O.C13H15N3O2S/c1-10(19)18-7-5-11(6-8-18)12-9-17-14-4-2-3-13(16)15(12)14;1-20(18,19)17-7-5-10(6-8-17)12-9-16-14-11(12)3-2-4-13(14)15;1-10(18)17-7-4-11(5-8-17)13-9-16-14-12(13)3-2-6-15-14;1-10(18)17-8-6-11(7-9-17)14-12-4-2-3-5-13(12)15-16-14;1-19(17,18)16-8-6-10(7-9-16)13-11-4-2-3-5-12(11)14-15-13/h2-4,9,11,17H,5-8H2,1H3;2-5,9,16H,6-8H2,1H3;2-3,6,9,11H,4-5,7-8H2,1H3,(H,15,16);2-6H,7-9H2,1H3,(H,15,16);2-6H,7-9H2,1H3,(H,14,15). The first kappa shape index (κ1) is 66.4. The number of pyridine rings is 1. The number of piperidine rings is 2. The Morgan fingerprint density at radius 1 is 0.479 bits per heavy atom. The van der Waals surface area contributed by atoms with Gasteiger partial charge in [0.1, 0.15) is 17.3 Å². The van der Waals surface area contributed by atoms with Crippen LogP contribution in [0.2, 0.25) is 0 Å². The number of halogens is 2. The Kier molecular flexibility index (Phi) is 20.5. The molecular formula is C70H79F2N13O7S2. The first-order valence-electron chi connectivity index (χ1n) is 31.7. The van der Waals surface area contributed by atoms with E-state index in [1.165, 1.54) is 49.8 Å². The van der Waals surface area contributed by atoms with Crippen LogP contribution < -0.4 is 0 Å². The van der Waals surface area contributed by atoms with E-state index < -0.39 is 20.0 Å². The molecule has 3 amide bonds. The molecule has 5 aliphatic heterocycles. The minimum atomic E-state index is -3.15. The molecule has 11 heterocycles. The second kappa shape index (κ2) is 29.0. The summed E-state index contributed by atoms with van der Waals surface area (Å²) < 4.78 is 76.4. The van der Waals surface area contributed by atoms with E-state index in [0.717, 1.165) is 137 Å². The van der Waals surface area contributed by atoms with Gasteiger partial charge < -0.3 is 29.7 Å². The summed E-state index contributed by atoms with van der Waals surface area (Å²) in [5.41, 5.74) is 13.1. The summed E-state index contributed by atoms with van der Waals surface area (Å²) in [4.78, 5) is 53.2. The monoisotopic (exact) mass is 1320 g/mol. The fourth-order valence-electron chi connectivity index (χ4n) is 13.1. The van der Waals surface area contributed by atoms with E-state index in [1.54, 1.807) is 45.3 Å². The largest absolute Gasteiger partial charge is 0.361 e. The molecule has 24 heteroatoms. The van der Waals surface area contributed by atoms with E-state index in [9.17, 15) is 40.0 Å². The molecule has 5 N–H and O–H groups in total. The number of likely N-dealkylation sites (tertiary alicyclic amines) is 2. The average Bonchev–Trinajstić information content (AvgIpc) is 1.90. The number of carbonyl (C=O) groups excluding carboxylic acids is 3. The molecule has 2 fully saturated rings. The molecule has 15 rings (SSSR count). The molecule has 5 aliphatic rings. The lowest BCUT2D eigenvalue weighted by Gasteiger charge is -2.31. The number of sulfonamides is 2. The summed E-state index contributed by atoms with van der Waals surface area (Å²) in [6, 6.07) is 30.3. The van der Waals surface area contributed by atoms with Gasteiger partial charge in [-0.3, -0.25) is 24.6 Å². The zero-order chi connectivity index (χ0) is 66.3. The number of amides is 3. The summed E-state index contributed by atoms with van der Waals surface area (Å²) >= 11 is 0. The number of hydrogen-bond donors (Lipinski definition) is 5. The topological polar surface area (TPSA) is 253 Å². The zero-order valence-corrected chi connectivity index (χ0v) is 55.1. The number of H-pyrrole nitrogens is 5. The van der Waals surface area contributed by atoms with E-state index in [2.05, 4.69) is 64.7 Å². The van der Waals surface area contributed by atoms with Crippen molar-refractivity contribution in [3.63, 3.8) is 0 Å². The van der Waals surface area contributed by atoms with Gasteiger partial charge in [0, 0.05) is 149 Å². The Bertz CT molecular complexity index is 4720. The third-order valence-electron chi connectivity index (χ3n) is 18.4. The first-order chi connectivity index (χ1) is 45.2. The number of benzene rings is 4. The Labute approximate surface area is 545 Å². The van der Waals surface area contributed by atoms with Gasteiger partial charge >= 0.3 is 0 Å². The van der Waals surface area contributed by atoms with Gasteiger partial charge in [-0.15, -0.1) is 0 Å². The Balaban J connectivity index is 0.000000120. The predicted octanol–water partition coefficient (Wildman–Crippen LogP) is 11.5. The molecule has 94 heavy (non-hydrogen) atoms. The normalized spacial score (nSPS) is 17.1. The molecule has 0 saturated carbocycles. The van der Waals surface area contributed by atoms with Crippen molar-refractivity contribution >= 4 is 109 Å². The van der Waals surface area contributed by atoms with Gasteiger partial charge in [-0.05, 0) is 127 Å². The minimum Gasteiger partial charge on any atom is -0.361 e. The van der Waals surface area contributed by atoms with Crippen molar-refractivity contribution in [1.29, 1.82) is 0 Å². The summed E-state index contributed by atoms with van der Waals surface area (Å²) in [5.74, 6) is 0.889. The molecule has 20 nitrogen and oxygen atoms in total. The molecule has 10 aromatic rings. The van der Waals surface area contributed by atoms with Crippen LogP contribution in [-0.4, -0.2) is 176 Å². The van der Waals surface area contributed by atoms with Gasteiger partial charge in [-0.2, -0.15) is 18.8 Å². The number of rotatable bonds is 7. The highest BCUT2D eigenvalue weighted by Crippen LogP contribution is 2.37. The van der Waals surface area contributed by atoms with Crippen LogP contribution in [-0.2, 0) is 34.4 Å². The number of nitrogens with zero attached hydrogens (tertiary/aromatic N) is 8. The van der Waals surface area contributed by atoms with Crippen molar-refractivity contribution < 1.29 is 40.0 Å². The fraction of sp³-hybridized carbons (Fsp3) is 0.343. The molecule has 0 spiro atoms. The van der Waals surface area contributed by atoms with Crippen LogP contribution in [0.5, 0.6) is 0 Å². The molecule has 0 unspecified atom stereocenters. The summed E-state index contributed by atoms with van der Waals surface area (Å²) in [6.07, 6.45) is 22.1. The minimum absolute atomic E-state index is 0.128. The van der Waals surface area contributed by atoms with Gasteiger partial charge in [0.05, 0.1) is 40.4 Å². The van der Waals surface area contributed by atoms with E-state index >= 15 is 0 Å². The SMILES string of the molecule is CC(=O)N1CC=C(c2n[nH]c3ccccc23)CC1.CC(=O)N1CCC(c2c[nH]c3cccc(F)c23)CC1.CC(=O)N1CCC(c2c[nH]c3ncccc23)CC1.CS(=O)(=O)N1CC=C(c2c[nH]c3c(F)cccc23)CC1.CS(=O)(=O)N1CC=C(c2n[nH]c3ccccc23)CC1. The molecule has 0 atom stereocenters. The van der Waals surface area contributed by atoms with E-state index in [-0.39, 0.29) is 29.4 Å². The lowest BCUT2D eigenvalue weighted by molar-refractivity contribution is -0.130. The van der Waals surface area contributed by atoms with Crippen LogP contribution >= 0.6 is 0 Å². The van der Waals surface area contributed by atoms with Crippen LogP contribution in [0.25, 0.3) is 71.4 Å². The Morgan fingerprint density at radius 2 is 0.957 bits per heavy atom. The summed E-state index contributed by atoms with van der Waals surface area (Å²) in [7, 11) is -6.25. The van der Waals surface area contributed by atoms with Crippen molar-refractivity contribution in [2.24, 2.45) is 0 Å². The van der Waals surface area contributed by atoms with Crippen molar-refractivity contribution in [3.05, 3.63) is 180 Å². The van der Waals surface area contributed by atoms with Crippen molar-refractivity contribution in [3.8, 4) is 0 Å². The third kappa shape index (κ3) is 15.3. The highest BCUT2D eigenvalue weighted by atomic mass is 32.2. The number of carbonyl (C=O) groups is 3. The van der Waals surface area contributed by atoms with Crippen LogP contribution in [0.3, 0.4) is 0 Å². The van der Waals surface area contributed by atoms with Crippen molar-refractivity contribution in [2.45, 2.75) is 77.6 Å². The van der Waals surface area contributed by atoms with E-state index in [0.29, 0.717) is 68.3 Å². The van der Waals surface area contributed by atoms with Crippen LogP contribution in [0.15, 0.2) is 140 Å². The highest BCUT2D eigenvalue weighted by molar-refractivity contribution is 7.88. The van der Waals surface area contributed by atoms with E-state index in [4.69, 9.17) is 0 Å². The van der Waals surface area contributed by atoms with Gasteiger partial charge in [0.25, 0.3) is 0 Å². The van der Waals surface area contributed by atoms with Crippen molar-refractivity contribution in [2.75, 3.05) is 78.0 Å². The van der Waals surface area contributed by atoms with Crippen LogP contribution in [0.1, 0.15) is 106 Å². The predicted molar refractivity (Wildman–Crippen MR) is 366 cm³/mol. The highest BCUT2D eigenvalue weighted by Gasteiger charge is 2.28. The molecule has 0 bridgehead atoms. The maximum absolute atomic E-state index is 14.0. The molecule has 6 aromatic heterocycles. The summed E-state index contributed by atoms with van der Waals surface area (Å²) in [6.45, 7) is 11.4. The zero-order valence-electron chi connectivity index (χ0n) is 53.5. The lowest BCUT2D eigenvalue weighted by atomic mass is 9.89. The van der Waals surface area contributed by atoms with Crippen LogP contribution in [0, 0.1) is 11.6 Å². The van der Waals surface area contributed by atoms with Crippen molar-refractivity contribution in [1.82, 2.24) is 63.6 Å². The Hall–Kier alpha value is -9.10. The Morgan fingerprint density at radius 3 is 1.49 bits per heavy atom. The van der Waals surface area contributed by atoms with Gasteiger partial charge in [0.2, 0.25) is 37.8 Å². The quantitative estimate of drug-likeness (QED) is 0.101. The number of para-hydroxylation sites is 3. The first-order valence-corrected chi connectivity index (χ1v) is 35.4. The van der Waals surface area contributed by atoms with Gasteiger partial charge in [-0.1, -0.05) is 72.8 Å². The van der Waals surface area contributed by atoms with E-state index in [1.807, 2.05) is 93.7 Å².